The standard InChI is InChI=1S/C10H13ClN2O4S/c11-9-8(3-5-17-9)10(14)13-4-1-2-7(6-13)18(12,15)16/h3,5,7H,1-2,4,6H2,(H2,12,15,16). The largest absolute Gasteiger partial charge is 0.452 e. The van der Waals surface area contributed by atoms with Crippen LogP contribution in [0.5, 0.6) is 0 Å². The van der Waals surface area contributed by atoms with Crippen molar-refractivity contribution in [3.8, 4) is 0 Å². The van der Waals surface area contributed by atoms with Crippen LogP contribution in [0.4, 0.5) is 0 Å². The second-order valence-electron chi connectivity index (χ2n) is 4.21. The quantitative estimate of drug-likeness (QED) is 0.873. The number of amides is 1. The third kappa shape index (κ3) is 2.68. The van der Waals surface area contributed by atoms with Crippen molar-refractivity contribution in [1.82, 2.24) is 4.90 Å². The van der Waals surface area contributed by atoms with E-state index in [-0.39, 0.29) is 23.2 Å². The van der Waals surface area contributed by atoms with Crippen molar-refractivity contribution >= 4 is 27.5 Å². The molecule has 2 N–H and O–H groups in total. The third-order valence-corrected chi connectivity index (χ3v) is 4.59. The summed E-state index contributed by atoms with van der Waals surface area (Å²) in [5.74, 6) is -0.331. The molecule has 0 radical (unpaired) electrons. The number of nitrogens with two attached hydrogens (primary N) is 1. The monoisotopic (exact) mass is 292 g/mol. The molecule has 0 aromatic carbocycles. The number of hydrogen-bond acceptors (Lipinski definition) is 4. The molecule has 6 nitrogen and oxygen atoms in total. The van der Waals surface area contributed by atoms with Crippen molar-refractivity contribution in [3.05, 3.63) is 23.1 Å². The minimum absolute atomic E-state index is 0.0118. The minimum atomic E-state index is -3.62. The van der Waals surface area contributed by atoms with Crippen molar-refractivity contribution in [1.29, 1.82) is 0 Å². The summed E-state index contributed by atoms with van der Waals surface area (Å²) in [7, 11) is -3.62. The molecular weight excluding hydrogens is 280 g/mol. The fourth-order valence-corrected chi connectivity index (χ4v) is 3.09. The molecule has 1 amide bonds. The van der Waals surface area contributed by atoms with Gasteiger partial charge < -0.3 is 9.32 Å². The summed E-state index contributed by atoms with van der Waals surface area (Å²) in [5.41, 5.74) is 0.242. The number of rotatable bonds is 2. The number of likely N-dealkylation sites (tertiary alicyclic amines) is 1. The van der Waals surface area contributed by atoms with E-state index in [0.717, 1.165) is 0 Å². The maximum atomic E-state index is 12.1. The SMILES string of the molecule is NS(=O)(=O)C1CCCN(C(=O)c2ccoc2Cl)C1. The molecule has 2 rings (SSSR count). The van der Waals surface area contributed by atoms with E-state index < -0.39 is 15.3 Å². The molecule has 0 bridgehead atoms. The summed E-state index contributed by atoms with van der Waals surface area (Å²) in [5, 5.41) is 4.42. The Morgan fingerprint density at radius 3 is 2.83 bits per heavy atom. The highest BCUT2D eigenvalue weighted by atomic mass is 35.5. The molecule has 18 heavy (non-hydrogen) atoms. The number of halogens is 1. The normalized spacial score (nSPS) is 21.0. The average molecular weight is 293 g/mol. The lowest BCUT2D eigenvalue weighted by molar-refractivity contribution is 0.0726. The number of nitrogens with zero attached hydrogens (tertiary/aromatic N) is 1. The van der Waals surface area contributed by atoms with Crippen LogP contribution < -0.4 is 5.14 Å². The van der Waals surface area contributed by atoms with E-state index in [1.165, 1.54) is 17.2 Å². The Kier molecular flexibility index (Phi) is 3.65. The second-order valence-corrected chi connectivity index (χ2v) is 6.40. The van der Waals surface area contributed by atoms with Crippen molar-refractivity contribution in [3.63, 3.8) is 0 Å². The maximum Gasteiger partial charge on any atom is 0.258 e. The Balaban J connectivity index is 2.15. The van der Waals surface area contributed by atoms with Crippen LogP contribution >= 0.6 is 11.6 Å². The van der Waals surface area contributed by atoms with Crippen LogP contribution in [-0.4, -0.2) is 37.6 Å². The molecule has 1 unspecified atom stereocenters. The van der Waals surface area contributed by atoms with Gasteiger partial charge in [-0.1, -0.05) is 0 Å². The number of furan rings is 1. The Hall–Kier alpha value is -1.05. The predicted octanol–water partition coefficient (Wildman–Crippen LogP) is 0.826. The first kappa shape index (κ1) is 13.4. The molecule has 1 atom stereocenters. The highest BCUT2D eigenvalue weighted by molar-refractivity contribution is 7.89. The van der Waals surface area contributed by atoms with Gasteiger partial charge in [0.2, 0.25) is 15.2 Å². The fraction of sp³-hybridized carbons (Fsp3) is 0.500. The summed E-state index contributed by atoms with van der Waals surface area (Å²) < 4.78 is 27.5. The van der Waals surface area contributed by atoms with E-state index in [0.29, 0.717) is 19.4 Å². The minimum Gasteiger partial charge on any atom is -0.452 e. The Morgan fingerprint density at radius 2 is 2.28 bits per heavy atom. The Morgan fingerprint density at radius 1 is 1.56 bits per heavy atom. The number of hydrogen-bond donors (Lipinski definition) is 1. The molecule has 1 aliphatic heterocycles. The molecule has 1 saturated heterocycles. The predicted molar refractivity (Wildman–Crippen MR) is 65.8 cm³/mol. The number of carbonyl (C=O) groups is 1. The summed E-state index contributed by atoms with van der Waals surface area (Å²) in [6.07, 6.45) is 2.39. The van der Waals surface area contributed by atoms with Gasteiger partial charge in [0.25, 0.3) is 5.91 Å². The van der Waals surface area contributed by atoms with Gasteiger partial charge >= 0.3 is 0 Å². The van der Waals surface area contributed by atoms with Gasteiger partial charge in [-0.15, -0.1) is 0 Å². The summed E-state index contributed by atoms with van der Waals surface area (Å²) >= 11 is 5.72. The first-order valence-corrected chi connectivity index (χ1v) is 7.42. The first-order chi connectivity index (χ1) is 8.39. The molecule has 1 aliphatic rings. The van der Waals surface area contributed by atoms with Crippen molar-refractivity contribution in [2.75, 3.05) is 13.1 Å². The summed E-state index contributed by atoms with van der Waals surface area (Å²) in [4.78, 5) is 13.5. The van der Waals surface area contributed by atoms with Crippen LogP contribution in [0.15, 0.2) is 16.7 Å². The van der Waals surface area contributed by atoms with E-state index in [4.69, 9.17) is 21.2 Å². The van der Waals surface area contributed by atoms with Gasteiger partial charge in [0, 0.05) is 13.1 Å². The zero-order valence-corrected chi connectivity index (χ0v) is 11.1. The van der Waals surface area contributed by atoms with E-state index in [9.17, 15) is 13.2 Å². The number of primary sulfonamides is 1. The Labute approximate surface area is 110 Å². The molecular formula is C10H13ClN2O4S. The molecule has 1 aromatic rings. The van der Waals surface area contributed by atoms with Gasteiger partial charge in [-0.05, 0) is 30.5 Å². The fourth-order valence-electron chi connectivity index (χ4n) is 2.01. The molecule has 0 aliphatic carbocycles. The van der Waals surface area contributed by atoms with Gasteiger partial charge in [0.05, 0.1) is 17.1 Å². The van der Waals surface area contributed by atoms with Crippen LogP contribution in [-0.2, 0) is 10.0 Å². The zero-order chi connectivity index (χ0) is 13.3. The molecule has 0 spiro atoms. The lowest BCUT2D eigenvalue weighted by Crippen LogP contribution is -2.47. The van der Waals surface area contributed by atoms with E-state index >= 15 is 0 Å². The molecule has 8 heteroatoms. The second kappa shape index (κ2) is 4.91. The lowest BCUT2D eigenvalue weighted by atomic mass is 10.1. The van der Waals surface area contributed by atoms with Gasteiger partial charge in [-0.2, -0.15) is 0 Å². The molecule has 1 fully saturated rings. The molecule has 0 saturated carbocycles. The van der Waals surface area contributed by atoms with Gasteiger partial charge in [-0.25, -0.2) is 13.6 Å². The smallest absolute Gasteiger partial charge is 0.258 e. The average Bonchev–Trinajstić information content (AvgIpc) is 2.73. The third-order valence-electron chi connectivity index (χ3n) is 2.98. The zero-order valence-electron chi connectivity index (χ0n) is 9.50. The van der Waals surface area contributed by atoms with E-state index in [1.54, 1.807) is 0 Å². The molecule has 1 aromatic heterocycles. The lowest BCUT2D eigenvalue weighted by Gasteiger charge is -2.31. The van der Waals surface area contributed by atoms with E-state index in [1.807, 2.05) is 0 Å². The summed E-state index contributed by atoms with van der Waals surface area (Å²) in [6.45, 7) is 0.589. The number of piperidine rings is 1. The van der Waals surface area contributed by atoms with Gasteiger partial charge in [-0.3, -0.25) is 4.79 Å². The van der Waals surface area contributed by atoms with Crippen LogP contribution in [0.3, 0.4) is 0 Å². The van der Waals surface area contributed by atoms with Crippen LogP contribution in [0.1, 0.15) is 23.2 Å². The Bertz CT molecular complexity index is 554. The number of carbonyl (C=O) groups excluding carboxylic acids is 1. The summed E-state index contributed by atoms with van der Waals surface area (Å²) in [6, 6.07) is 1.46. The number of sulfonamides is 1. The highest BCUT2D eigenvalue weighted by Crippen LogP contribution is 2.22. The highest BCUT2D eigenvalue weighted by Gasteiger charge is 2.31. The van der Waals surface area contributed by atoms with Crippen LogP contribution in [0.2, 0.25) is 5.22 Å². The van der Waals surface area contributed by atoms with Crippen molar-refractivity contribution < 1.29 is 17.6 Å². The topological polar surface area (TPSA) is 93.6 Å². The van der Waals surface area contributed by atoms with Crippen molar-refractivity contribution in [2.24, 2.45) is 5.14 Å². The maximum absolute atomic E-state index is 12.1. The van der Waals surface area contributed by atoms with Gasteiger partial charge in [0.1, 0.15) is 0 Å². The van der Waals surface area contributed by atoms with Crippen LogP contribution in [0.25, 0.3) is 0 Å². The molecule has 2 heterocycles. The van der Waals surface area contributed by atoms with Crippen LogP contribution in [0, 0.1) is 0 Å². The van der Waals surface area contributed by atoms with E-state index in [2.05, 4.69) is 0 Å². The first-order valence-electron chi connectivity index (χ1n) is 5.43. The van der Waals surface area contributed by atoms with Crippen molar-refractivity contribution in [2.45, 2.75) is 18.1 Å². The van der Waals surface area contributed by atoms with Gasteiger partial charge in [0.15, 0.2) is 0 Å². The molecule has 100 valence electrons.